The van der Waals surface area contributed by atoms with Gasteiger partial charge in [0.05, 0.1) is 0 Å². The Kier molecular flexibility index (Phi) is 10.3. The van der Waals surface area contributed by atoms with Crippen LogP contribution in [0, 0.1) is 0 Å². The van der Waals surface area contributed by atoms with Crippen LogP contribution in [0.4, 0.5) is 8.78 Å². The maximum Gasteiger partial charge on any atom is 0.387 e. The minimum Gasteiger partial charge on any atom is -0.434 e. The fourth-order valence-corrected chi connectivity index (χ4v) is 3.17. The third-order valence-corrected chi connectivity index (χ3v) is 4.76. The summed E-state index contributed by atoms with van der Waals surface area (Å²) in [6.07, 6.45) is 3.80. The van der Waals surface area contributed by atoms with E-state index in [9.17, 15) is 8.78 Å². The Morgan fingerprint density at radius 3 is 2.48 bits per heavy atom. The summed E-state index contributed by atoms with van der Waals surface area (Å²) in [5.74, 6) is 0.820. The molecule has 2 rings (SSSR count). The molecule has 1 saturated heterocycles. The molecule has 1 aliphatic heterocycles. The summed E-state index contributed by atoms with van der Waals surface area (Å²) in [5, 5.41) is 6.52. The summed E-state index contributed by atoms with van der Waals surface area (Å²) in [4.78, 5) is 6.73. The Labute approximate surface area is 178 Å². The van der Waals surface area contributed by atoms with Gasteiger partial charge in [-0.1, -0.05) is 24.6 Å². The minimum absolute atomic E-state index is 0. The Morgan fingerprint density at radius 2 is 1.85 bits per heavy atom. The molecule has 0 aromatic heterocycles. The second-order valence-electron chi connectivity index (χ2n) is 7.13. The average molecular weight is 496 g/mol. The third kappa shape index (κ3) is 7.77. The molecule has 0 atom stereocenters. The van der Waals surface area contributed by atoms with Crippen LogP contribution in [0.1, 0.15) is 38.7 Å². The number of alkyl halides is 2. The number of guanidine groups is 1. The highest BCUT2D eigenvalue weighted by Gasteiger charge is 2.27. The van der Waals surface area contributed by atoms with Crippen molar-refractivity contribution in [3.63, 3.8) is 0 Å². The number of likely N-dealkylation sites (tertiary alicyclic amines) is 1. The number of benzene rings is 1. The molecule has 1 aromatic rings. The molecule has 1 aliphatic rings. The van der Waals surface area contributed by atoms with Gasteiger partial charge in [-0.2, -0.15) is 8.78 Å². The van der Waals surface area contributed by atoms with Crippen LogP contribution in [-0.2, 0) is 6.54 Å². The lowest BCUT2D eigenvalue weighted by Crippen LogP contribution is -2.54. The number of halogens is 3. The number of piperidine rings is 1. The van der Waals surface area contributed by atoms with Gasteiger partial charge in [-0.25, -0.2) is 0 Å². The Balaban J connectivity index is 0.00000364. The highest BCUT2D eigenvalue weighted by Crippen LogP contribution is 2.21. The molecule has 154 valence electrons. The van der Waals surface area contributed by atoms with E-state index in [1.807, 2.05) is 0 Å². The zero-order valence-electron chi connectivity index (χ0n) is 16.3. The lowest BCUT2D eigenvalue weighted by atomic mass is 9.98. The maximum atomic E-state index is 12.5. The molecule has 8 heteroatoms. The van der Waals surface area contributed by atoms with Crippen LogP contribution in [0.25, 0.3) is 0 Å². The van der Waals surface area contributed by atoms with Crippen LogP contribution in [0.5, 0.6) is 5.75 Å². The van der Waals surface area contributed by atoms with Gasteiger partial charge in [0.1, 0.15) is 5.75 Å². The summed E-state index contributed by atoms with van der Waals surface area (Å²) in [7, 11) is 1.70. The second kappa shape index (κ2) is 11.6. The van der Waals surface area contributed by atoms with Gasteiger partial charge in [-0.15, -0.1) is 24.0 Å². The largest absolute Gasteiger partial charge is 0.434 e. The second-order valence-corrected chi connectivity index (χ2v) is 7.13. The molecule has 1 aromatic carbocycles. The van der Waals surface area contributed by atoms with Crippen molar-refractivity contribution in [2.24, 2.45) is 4.99 Å². The van der Waals surface area contributed by atoms with E-state index < -0.39 is 6.61 Å². The fraction of sp³-hybridized carbons (Fsp3) is 0.632. The third-order valence-electron chi connectivity index (χ3n) is 4.76. The first kappa shape index (κ1) is 23.9. The van der Waals surface area contributed by atoms with Gasteiger partial charge >= 0.3 is 6.61 Å². The van der Waals surface area contributed by atoms with Crippen LogP contribution < -0.4 is 15.4 Å². The van der Waals surface area contributed by atoms with Crippen molar-refractivity contribution in [2.45, 2.75) is 51.8 Å². The Morgan fingerprint density at radius 1 is 1.19 bits per heavy atom. The zero-order chi connectivity index (χ0) is 19.0. The van der Waals surface area contributed by atoms with Gasteiger partial charge in [0.15, 0.2) is 5.96 Å². The van der Waals surface area contributed by atoms with Crippen LogP contribution in [0.2, 0.25) is 0 Å². The standard InChI is InChI=1S/C19H30F2N4O.HI/c1-19(2,25-11-7-4-8-12-25)14-24-18(22-3)23-13-15-9-5-6-10-16(15)26-17(20)21;/h5-6,9-10,17H,4,7-8,11-14H2,1-3H3,(H2,22,23,24);1H. The average Bonchev–Trinajstić information content (AvgIpc) is 2.63. The van der Waals surface area contributed by atoms with Gasteiger partial charge in [-0.05, 0) is 45.8 Å². The molecule has 0 saturated carbocycles. The first-order valence-electron chi connectivity index (χ1n) is 9.14. The summed E-state index contributed by atoms with van der Waals surface area (Å²) < 4.78 is 29.6. The van der Waals surface area contributed by atoms with E-state index in [4.69, 9.17) is 0 Å². The normalized spacial score (nSPS) is 16.0. The molecule has 0 radical (unpaired) electrons. The first-order valence-corrected chi connectivity index (χ1v) is 9.14. The molecule has 0 aliphatic carbocycles. The van der Waals surface area contributed by atoms with Crippen molar-refractivity contribution < 1.29 is 13.5 Å². The number of hydrogen-bond acceptors (Lipinski definition) is 3. The molecule has 0 bridgehead atoms. The van der Waals surface area contributed by atoms with Crippen molar-refractivity contribution in [1.29, 1.82) is 0 Å². The van der Waals surface area contributed by atoms with Gasteiger partial charge < -0.3 is 15.4 Å². The van der Waals surface area contributed by atoms with Crippen molar-refractivity contribution in [3.05, 3.63) is 29.8 Å². The Hall–Kier alpha value is -1.16. The SMILES string of the molecule is CN=C(NCc1ccccc1OC(F)F)NCC(C)(C)N1CCCCC1.I. The van der Waals surface area contributed by atoms with Crippen LogP contribution in [0.3, 0.4) is 0 Å². The van der Waals surface area contributed by atoms with Gasteiger partial charge in [0, 0.05) is 31.2 Å². The summed E-state index contributed by atoms with van der Waals surface area (Å²) >= 11 is 0. The van der Waals surface area contributed by atoms with Crippen molar-refractivity contribution >= 4 is 29.9 Å². The van der Waals surface area contributed by atoms with E-state index in [0.717, 1.165) is 19.6 Å². The van der Waals surface area contributed by atoms with E-state index in [-0.39, 0.29) is 35.3 Å². The highest BCUT2D eigenvalue weighted by molar-refractivity contribution is 14.0. The predicted molar refractivity (Wildman–Crippen MR) is 116 cm³/mol. The van der Waals surface area contributed by atoms with Crippen LogP contribution >= 0.6 is 24.0 Å². The molecule has 27 heavy (non-hydrogen) atoms. The van der Waals surface area contributed by atoms with Crippen LogP contribution in [0.15, 0.2) is 29.3 Å². The molecule has 0 spiro atoms. The molecule has 2 N–H and O–H groups in total. The van der Waals surface area contributed by atoms with Gasteiger partial charge in [0.2, 0.25) is 0 Å². The molecule has 1 heterocycles. The maximum absolute atomic E-state index is 12.5. The first-order chi connectivity index (χ1) is 12.4. The number of nitrogens with one attached hydrogen (secondary N) is 2. The Bertz CT molecular complexity index is 593. The predicted octanol–water partition coefficient (Wildman–Crippen LogP) is 3.84. The monoisotopic (exact) mass is 496 g/mol. The van der Waals surface area contributed by atoms with Crippen molar-refractivity contribution in [3.8, 4) is 5.75 Å². The van der Waals surface area contributed by atoms with Crippen molar-refractivity contribution in [2.75, 3.05) is 26.7 Å². The van der Waals surface area contributed by atoms with E-state index in [1.54, 1.807) is 31.3 Å². The van der Waals surface area contributed by atoms with E-state index in [1.165, 1.54) is 19.3 Å². The zero-order valence-corrected chi connectivity index (χ0v) is 18.6. The number of nitrogens with zero attached hydrogens (tertiary/aromatic N) is 2. The van der Waals surface area contributed by atoms with Gasteiger partial charge in [0.25, 0.3) is 0 Å². The minimum atomic E-state index is -2.83. The van der Waals surface area contributed by atoms with Crippen molar-refractivity contribution in [1.82, 2.24) is 15.5 Å². The number of hydrogen-bond donors (Lipinski definition) is 2. The van der Waals surface area contributed by atoms with E-state index in [0.29, 0.717) is 18.1 Å². The lowest BCUT2D eigenvalue weighted by Gasteiger charge is -2.41. The molecule has 5 nitrogen and oxygen atoms in total. The highest BCUT2D eigenvalue weighted by atomic mass is 127. The number of rotatable bonds is 7. The molecular formula is C19H31F2IN4O. The summed E-state index contributed by atoms with van der Waals surface area (Å²) in [5.41, 5.74) is 0.681. The van der Waals surface area contributed by atoms with Crippen LogP contribution in [-0.4, -0.2) is 49.7 Å². The smallest absolute Gasteiger partial charge is 0.387 e. The number of aliphatic imine (C=N–C) groups is 1. The fourth-order valence-electron chi connectivity index (χ4n) is 3.17. The topological polar surface area (TPSA) is 48.9 Å². The molecule has 0 unspecified atom stereocenters. The quantitative estimate of drug-likeness (QED) is 0.342. The molecule has 1 fully saturated rings. The van der Waals surface area contributed by atoms with Gasteiger partial charge in [-0.3, -0.25) is 9.89 Å². The van der Waals surface area contributed by atoms with E-state index in [2.05, 4.69) is 39.1 Å². The molecular weight excluding hydrogens is 465 g/mol. The van der Waals surface area contributed by atoms with E-state index >= 15 is 0 Å². The number of para-hydroxylation sites is 1. The lowest BCUT2D eigenvalue weighted by molar-refractivity contribution is -0.0504. The summed E-state index contributed by atoms with van der Waals surface area (Å²) in [6, 6.07) is 6.77. The summed E-state index contributed by atoms with van der Waals surface area (Å²) in [6.45, 7) is 4.97. The number of ether oxygens (including phenoxy) is 1. The molecule has 0 amide bonds.